The van der Waals surface area contributed by atoms with Crippen molar-refractivity contribution in [1.82, 2.24) is 4.98 Å². The van der Waals surface area contributed by atoms with Crippen LogP contribution in [0.5, 0.6) is 5.75 Å². The van der Waals surface area contributed by atoms with Gasteiger partial charge in [-0.15, -0.1) is 13.2 Å². The van der Waals surface area contributed by atoms with Gasteiger partial charge in [0.25, 0.3) is 0 Å². The lowest BCUT2D eigenvalue weighted by Crippen LogP contribution is -2.17. The van der Waals surface area contributed by atoms with Crippen molar-refractivity contribution in [2.75, 3.05) is 18.5 Å². The molecule has 0 radical (unpaired) electrons. The van der Waals surface area contributed by atoms with E-state index in [1.54, 1.807) is 12.1 Å². The van der Waals surface area contributed by atoms with Crippen molar-refractivity contribution < 1.29 is 37.7 Å². The molecule has 1 fully saturated rings. The molecule has 1 aromatic heterocycles. The molecule has 3 atom stereocenters. The van der Waals surface area contributed by atoms with Gasteiger partial charge in [-0.25, -0.2) is 0 Å². The summed E-state index contributed by atoms with van der Waals surface area (Å²) in [6.45, 7) is 2.13. The number of amides is 1. The van der Waals surface area contributed by atoms with Crippen LogP contribution in [0.1, 0.15) is 36.6 Å². The van der Waals surface area contributed by atoms with Crippen LogP contribution >= 0.6 is 11.6 Å². The summed E-state index contributed by atoms with van der Waals surface area (Å²) in [5, 5.41) is 20.4. The summed E-state index contributed by atoms with van der Waals surface area (Å²) in [6, 6.07) is 7.16. The molecule has 0 spiro atoms. The Labute approximate surface area is 181 Å². The molecule has 7 nitrogen and oxygen atoms in total. The van der Waals surface area contributed by atoms with Gasteiger partial charge in [-0.2, -0.15) is 0 Å². The Morgan fingerprint density at radius 3 is 2.61 bits per heavy atom. The number of carbonyl (C=O) groups is 1. The van der Waals surface area contributed by atoms with Gasteiger partial charge in [-0.1, -0.05) is 17.7 Å². The maximum atomic E-state index is 12.0. The van der Waals surface area contributed by atoms with E-state index in [4.69, 9.17) is 26.6 Å². The number of anilines is 1. The van der Waals surface area contributed by atoms with Crippen molar-refractivity contribution in [2.24, 2.45) is 0 Å². The van der Waals surface area contributed by atoms with E-state index in [0.717, 1.165) is 12.0 Å². The fraction of sp³-hybridized carbons (Fsp3) is 0.400. The van der Waals surface area contributed by atoms with Gasteiger partial charge in [0.2, 0.25) is 6.41 Å². The second-order valence-electron chi connectivity index (χ2n) is 6.74. The number of hydrogen-bond acceptors (Lipinski definition) is 6. The molecular formula is C20H22ClF3N2O5. The average Bonchev–Trinajstić information content (AvgIpc) is 3.13. The highest BCUT2D eigenvalue weighted by molar-refractivity contribution is 6.31. The lowest BCUT2D eigenvalue weighted by molar-refractivity contribution is -0.274. The van der Waals surface area contributed by atoms with Gasteiger partial charge >= 0.3 is 6.36 Å². The topological polar surface area (TPSA) is 101 Å². The zero-order valence-electron chi connectivity index (χ0n) is 16.5. The summed E-state index contributed by atoms with van der Waals surface area (Å²) in [4.78, 5) is 13.9. The van der Waals surface area contributed by atoms with Crippen LogP contribution in [0.4, 0.5) is 18.9 Å². The van der Waals surface area contributed by atoms with Crippen LogP contribution in [0.2, 0.25) is 5.02 Å². The number of carbonyl (C=O) groups excluding carboxylic acids is 1. The fourth-order valence-electron chi connectivity index (χ4n) is 2.92. The van der Waals surface area contributed by atoms with Crippen LogP contribution in [-0.4, -0.2) is 47.3 Å². The Morgan fingerprint density at radius 1 is 1.39 bits per heavy atom. The quantitative estimate of drug-likeness (QED) is 0.564. The molecule has 0 bridgehead atoms. The molecule has 31 heavy (non-hydrogen) atoms. The second-order valence-corrected chi connectivity index (χ2v) is 7.15. The number of aliphatic hydroxyl groups is 2. The zero-order chi connectivity index (χ0) is 23.0. The smallest absolute Gasteiger partial charge is 0.406 e. The Bertz CT molecular complexity index is 852. The lowest BCUT2D eigenvalue weighted by Gasteiger charge is -2.13. The summed E-state index contributed by atoms with van der Waals surface area (Å²) in [6.07, 6.45) is -2.75. The van der Waals surface area contributed by atoms with Crippen LogP contribution < -0.4 is 10.1 Å². The Balaban J connectivity index is 0.000000233. The van der Waals surface area contributed by atoms with E-state index >= 15 is 0 Å². The van der Waals surface area contributed by atoms with Gasteiger partial charge in [0, 0.05) is 10.9 Å². The van der Waals surface area contributed by atoms with Gasteiger partial charge in [0.15, 0.2) is 0 Å². The lowest BCUT2D eigenvalue weighted by atomic mass is 9.96. The van der Waals surface area contributed by atoms with Gasteiger partial charge in [-0.05, 0) is 43.2 Å². The Hall–Kier alpha value is -2.40. The monoisotopic (exact) mass is 462 g/mol. The van der Waals surface area contributed by atoms with Crippen molar-refractivity contribution >= 4 is 23.7 Å². The van der Waals surface area contributed by atoms with E-state index in [0.29, 0.717) is 24.4 Å². The second kappa shape index (κ2) is 11.3. The minimum absolute atomic E-state index is 0.132. The fourth-order valence-corrected chi connectivity index (χ4v) is 3.24. The predicted octanol–water partition coefficient (Wildman–Crippen LogP) is 3.81. The number of nitrogens with zero attached hydrogens (tertiary/aromatic N) is 1. The molecule has 2 heterocycles. The normalized spacial score (nSPS) is 19.2. The van der Waals surface area contributed by atoms with Crippen molar-refractivity contribution in [1.29, 1.82) is 0 Å². The number of ether oxygens (including phenoxy) is 2. The average molecular weight is 463 g/mol. The van der Waals surface area contributed by atoms with Gasteiger partial charge in [-0.3, -0.25) is 9.78 Å². The molecule has 1 aliphatic rings. The molecule has 170 valence electrons. The Kier molecular flexibility index (Phi) is 9.05. The van der Waals surface area contributed by atoms with Crippen LogP contribution in [0.3, 0.4) is 0 Å². The molecule has 3 N–H and O–H groups in total. The number of hydrogen-bond donors (Lipinski definition) is 3. The van der Waals surface area contributed by atoms with E-state index < -0.39 is 12.5 Å². The first-order valence-corrected chi connectivity index (χ1v) is 9.62. The van der Waals surface area contributed by atoms with Crippen LogP contribution in [0, 0.1) is 0 Å². The summed E-state index contributed by atoms with van der Waals surface area (Å²) in [5.41, 5.74) is 1.72. The zero-order valence-corrected chi connectivity index (χ0v) is 17.2. The summed E-state index contributed by atoms with van der Waals surface area (Å²) in [5.74, 6) is -0.171. The summed E-state index contributed by atoms with van der Waals surface area (Å²) < 4.78 is 45.3. The molecule has 1 aliphatic heterocycles. The Morgan fingerprint density at radius 2 is 2.13 bits per heavy atom. The number of aromatic nitrogens is 1. The number of nitrogens with one attached hydrogen (secondary N) is 1. The molecule has 11 heteroatoms. The SMILES string of the molecule is CC1CC(c2ccc(OC(F)(F)F)cc2Cl)CO1.O=CNc1ccc(C(O)CO)nc1. The maximum absolute atomic E-state index is 12.0. The molecule has 1 aromatic carbocycles. The first kappa shape index (κ1) is 24.9. The molecular weight excluding hydrogens is 441 g/mol. The van der Waals surface area contributed by atoms with Crippen molar-refractivity contribution in [3.05, 3.63) is 52.8 Å². The minimum atomic E-state index is -4.70. The third kappa shape index (κ3) is 7.98. The molecule has 3 unspecified atom stereocenters. The van der Waals surface area contributed by atoms with Crippen molar-refractivity contribution in [3.63, 3.8) is 0 Å². The van der Waals surface area contributed by atoms with E-state index in [-0.39, 0.29) is 29.4 Å². The summed E-state index contributed by atoms with van der Waals surface area (Å²) in [7, 11) is 0. The first-order chi connectivity index (χ1) is 14.6. The largest absolute Gasteiger partial charge is 0.573 e. The van der Waals surface area contributed by atoms with E-state index in [2.05, 4.69) is 15.0 Å². The number of rotatable bonds is 6. The third-order valence-corrected chi connectivity index (χ3v) is 4.70. The maximum Gasteiger partial charge on any atom is 0.573 e. The highest BCUT2D eigenvalue weighted by atomic mass is 35.5. The van der Waals surface area contributed by atoms with Crippen LogP contribution in [-0.2, 0) is 9.53 Å². The van der Waals surface area contributed by atoms with E-state index in [1.807, 2.05) is 6.92 Å². The number of halogens is 4. The van der Waals surface area contributed by atoms with Gasteiger partial charge in [0.05, 0.1) is 36.9 Å². The van der Waals surface area contributed by atoms with Crippen molar-refractivity contribution in [2.45, 2.75) is 37.8 Å². The molecule has 1 saturated heterocycles. The number of benzene rings is 1. The highest BCUT2D eigenvalue weighted by Gasteiger charge is 2.32. The van der Waals surface area contributed by atoms with E-state index in [9.17, 15) is 18.0 Å². The standard InChI is InChI=1S/C12H12ClF3O2.C8H10N2O3/c1-7-4-8(6-17-7)10-3-2-9(5-11(10)13)18-12(14,15)16;11-4-8(13)7-2-1-6(3-9-7)10-5-12/h2-3,5,7-8H,4,6H2,1H3;1-3,5,8,11,13H,4H2,(H,10,12). The third-order valence-electron chi connectivity index (χ3n) is 4.37. The summed E-state index contributed by atoms with van der Waals surface area (Å²) >= 11 is 5.98. The molecule has 0 saturated carbocycles. The predicted molar refractivity (Wildman–Crippen MR) is 107 cm³/mol. The molecule has 2 aromatic rings. The number of alkyl halides is 3. The van der Waals surface area contributed by atoms with Crippen molar-refractivity contribution in [3.8, 4) is 5.75 Å². The van der Waals surface area contributed by atoms with Gasteiger partial charge < -0.3 is 25.0 Å². The van der Waals surface area contributed by atoms with Crippen LogP contribution in [0.25, 0.3) is 0 Å². The molecule has 0 aliphatic carbocycles. The first-order valence-electron chi connectivity index (χ1n) is 9.24. The highest BCUT2D eigenvalue weighted by Crippen LogP contribution is 2.36. The number of aliphatic hydroxyl groups excluding tert-OH is 2. The van der Waals surface area contributed by atoms with E-state index in [1.165, 1.54) is 24.4 Å². The van der Waals surface area contributed by atoms with Crippen LogP contribution in [0.15, 0.2) is 36.5 Å². The molecule has 1 amide bonds. The number of pyridine rings is 1. The van der Waals surface area contributed by atoms with Gasteiger partial charge in [0.1, 0.15) is 11.9 Å². The molecule has 3 rings (SSSR count). The minimum Gasteiger partial charge on any atom is -0.406 e.